The number of aryl methyl sites for hydroxylation is 1. The molecule has 7 nitrogen and oxygen atoms in total. The van der Waals surface area contributed by atoms with Gasteiger partial charge in [0.1, 0.15) is 11.6 Å². The maximum absolute atomic E-state index is 8.96. The summed E-state index contributed by atoms with van der Waals surface area (Å²) in [7, 11) is 0. The summed E-state index contributed by atoms with van der Waals surface area (Å²) in [6.45, 7) is 2.65. The number of piperidine rings is 1. The molecule has 0 unspecified atom stereocenters. The number of nitrogen functional groups attached to an aromatic ring is 1. The molecule has 0 amide bonds. The number of rotatable bonds is 4. The van der Waals surface area contributed by atoms with Gasteiger partial charge in [-0.1, -0.05) is 0 Å². The molecule has 0 aromatic carbocycles. The number of H-pyrrole nitrogens is 1. The largest absolute Gasteiger partial charge is 0.381 e. The van der Waals surface area contributed by atoms with E-state index in [9.17, 15) is 0 Å². The second kappa shape index (κ2) is 8.71. The third-order valence-corrected chi connectivity index (χ3v) is 3.52. The van der Waals surface area contributed by atoms with Gasteiger partial charge in [0.2, 0.25) is 0 Å². The molecule has 1 saturated heterocycles. The van der Waals surface area contributed by atoms with Crippen molar-refractivity contribution in [2.45, 2.75) is 32.1 Å². The zero-order valence-corrected chi connectivity index (χ0v) is 14.3. The fourth-order valence-electron chi connectivity index (χ4n) is 2.37. The monoisotopic (exact) mass is 403 g/mol. The third kappa shape index (κ3) is 4.77. The van der Waals surface area contributed by atoms with Crippen LogP contribution < -0.4 is 11.5 Å². The summed E-state index contributed by atoms with van der Waals surface area (Å²) < 4.78 is 0. The predicted octanol–water partition coefficient (Wildman–Crippen LogP) is 1.21. The highest BCUT2D eigenvalue weighted by Gasteiger charge is 2.12. The Kier molecular flexibility index (Phi) is 7.28. The van der Waals surface area contributed by atoms with Crippen LogP contribution in [0, 0.1) is 11.3 Å². The first-order chi connectivity index (χ1) is 9.72. The summed E-state index contributed by atoms with van der Waals surface area (Å²) in [5.74, 6) is 0.896. The molecule has 0 spiro atoms. The third-order valence-electron chi connectivity index (χ3n) is 3.52. The van der Waals surface area contributed by atoms with Gasteiger partial charge in [-0.15, -0.1) is 24.0 Å². The number of aromatic amines is 1. The first-order valence-electron chi connectivity index (χ1n) is 7.00. The average molecular weight is 403 g/mol. The van der Waals surface area contributed by atoms with Crippen LogP contribution in [-0.2, 0) is 6.42 Å². The molecule has 1 aromatic heterocycles. The van der Waals surface area contributed by atoms with E-state index in [1.54, 1.807) is 0 Å². The van der Waals surface area contributed by atoms with E-state index in [0.717, 1.165) is 25.2 Å². The first-order valence-corrected chi connectivity index (χ1v) is 7.00. The van der Waals surface area contributed by atoms with E-state index in [2.05, 4.69) is 26.2 Å². The quantitative estimate of drug-likeness (QED) is 0.302. The van der Waals surface area contributed by atoms with Gasteiger partial charge in [-0.2, -0.15) is 10.4 Å². The van der Waals surface area contributed by atoms with E-state index in [1.165, 1.54) is 19.3 Å². The van der Waals surface area contributed by atoms with E-state index in [-0.39, 0.29) is 29.8 Å². The van der Waals surface area contributed by atoms with Gasteiger partial charge in [0.25, 0.3) is 0 Å². The molecule has 0 bridgehead atoms. The molecule has 2 rings (SSSR count). The van der Waals surface area contributed by atoms with Crippen LogP contribution in [0.5, 0.6) is 0 Å². The lowest BCUT2D eigenvalue weighted by molar-refractivity contribution is 0.338. The molecule has 21 heavy (non-hydrogen) atoms. The molecule has 0 radical (unpaired) electrons. The minimum atomic E-state index is 0. The molecule has 2 heterocycles. The Labute approximate surface area is 141 Å². The van der Waals surface area contributed by atoms with E-state index < -0.39 is 0 Å². The van der Waals surface area contributed by atoms with Crippen molar-refractivity contribution in [2.24, 2.45) is 10.7 Å². The van der Waals surface area contributed by atoms with Crippen LogP contribution >= 0.6 is 24.0 Å². The number of anilines is 1. The van der Waals surface area contributed by atoms with Crippen LogP contribution in [0.2, 0.25) is 0 Å². The molecular weight excluding hydrogens is 381 g/mol. The zero-order valence-electron chi connectivity index (χ0n) is 12.0. The van der Waals surface area contributed by atoms with Crippen LogP contribution in [0.1, 0.15) is 36.9 Å². The van der Waals surface area contributed by atoms with Gasteiger partial charge in [0, 0.05) is 19.6 Å². The van der Waals surface area contributed by atoms with Crippen molar-refractivity contribution in [1.82, 2.24) is 15.1 Å². The summed E-state index contributed by atoms with van der Waals surface area (Å²) >= 11 is 0. The lowest BCUT2D eigenvalue weighted by Crippen LogP contribution is -2.40. The minimum absolute atomic E-state index is 0. The minimum Gasteiger partial charge on any atom is -0.381 e. The Balaban J connectivity index is 0.00000220. The lowest BCUT2D eigenvalue weighted by Gasteiger charge is -2.27. The topological polar surface area (TPSA) is 120 Å². The highest BCUT2D eigenvalue weighted by atomic mass is 127. The van der Waals surface area contributed by atoms with Crippen molar-refractivity contribution >= 4 is 35.8 Å². The zero-order chi connectivity index (χ0) is 14.4. The molecule has 5 N–H and O–H groups in total. The molecule has 1 aromatic rings. The Hall–Kier alpha value is -1.50. The highest BCUT2D eigenvalue weighted by Crippen LogP contribution is 2.13. The van der Waals surface area contributed by atoms with Crippen LogP contribution in [0.15, 0.2) is 4.99 Å². The van der Waals surface area contributed by atoms with E-state index in [1.807, 2.05) is 0 Å². The molecular formula is C13H22IN7. The second-order valence-corrected chi connectivity index (χ2v) is 4.97. The van der Waals surface area contributed by atoms with Crippen LogP contribution in [0.3, 0.4) is 0 Å². The maximum Gasteiger partial charge on any atom is 0.191 e. The normalized spacial score (nSPS) is 15.4. The molecule has 0 saturated carbocycles. The lowest BCUT2D eigenvalue weighted by atomic mass is 10.1. The van der Waals surface area contributed by atoms with Crippen LogP contribution in [-0.4, -0.2) is 40.7 Å². The maximum atomic E-state index is 8.96. The van der Waals surface area contributed by atoms with Crippen LogP contribution in [0.25, 0.3) is 0 Å². The smallest absolute Gasteiger partial charge is 0.191 e. The molecule has 1 aliphatic heterocycles. The Morgan fingerprint density at radius 1 is 1.38 bits per heavy atom. The summed E-state index contributed by atoms with van der Waals surface area (Å²) in [6.07, 6.45) is 5.17. The summed E-state index contributed by atoms with van der Waals surface area (Å²) in [5.41, 5.74) is 12.8. The number of nitrogens with one attached hydrogen (secondary N) is 1. The highest BCUT2D eigenvalue weighted by molar-refractivity contribution is 14.0. The van der Waals surface area contributed by atoms with Crippen molar-refractivity contribution in [3.63, 3.8) is 0 Å². The summed E-state index contributed by atoms with van der Waals surface area (Å²) in [6, 6.07) is 2.06. The standard InChI is InChI=1S/C13H21N7.HI/c14-9-10-11(18-19-12(10)15)5-4-6-17-13(16)20-7-2-1-3-8-20;/h1-8H2,(H2,16,17)(H3,15,18,19);1H. The number of likely N-dealkylation sites (tertiary alicyclic amines) is 1. The van der Waals surface area contributed by atoms with Crippen molar-refractivity contribution in [3.05, 3.63) is 11.3 Å². The predicted molar refractivity (Wildman–Crippen MR) is 93.4 cm³/mol. The molecule has 8 heteroatoms. The van der Waals surface area contributed by atoms with Crippen molar-refractivity contribution in [1.29, 1.82) is 5.26 Å². The summed E-state index contributed by atoms with van der Waals surface area (Å²) in [5, 5.41) is 15.6. The molecule has 1 fully saturated rings. The van der Waals surface area contributed by atoms with Crippen molar-refractivity contribution < 1.29 is 0 Å². The van der Waals surface area contributed by atoms with Crippen molar-refractivity contribution in [2.75, 3.05) is 25.4 Å². The van der Waals surface area contributed by atoms with E-state index in [0.29, 0.717) is 24.5 Å². The van der Waals surface area contributed by atoms with Crippen LogP contribution in [0.4, 0.5) is 5.82 Å². The Bertz CT molecular complexity index is 511. The second-order valence-electron chi connectivity index (χ2n) is 4.97. The Morgan fingerprint density at radius 2 is 2.10 bits per heavy atom. The van der Waals surface area contributed by atoms with Gasteiger partial charge in [-0.25, -0.2) is 0 Å². The summed E-state index contributed by atoms with van der Waals surface area (Å²) in [4.78, 5) is 6.53. The number of nitriles is 1. The van der Waals surface area contributed by atoms with Gasteiger partial charge >= 0.3 is 0 Å². The van der Waals surface area contributed by atoms with Gasteiger partial charge in [-0.05, 0) is 32.1 Å². The van der Waals surface area contributed by atoms with E-state index in [4.69, 9.17) is 16.7 Å². The fourth-order valence-corrected chi connectivity index (χ4v) is 2.37. The van der Waals surface area contributed by atoms with Gasteiger partial charge < -0.3 is 16.4 Å². The van der Waals surface area contributed by atoms with Gasteiger partial charge in [0.15, 0.2) is 11.8 Å². The fraction of sp³-hybridized carbons (Fsp3) is 0.615. The molecule has 1 aliphatic rings. The first kappa shape index (κ1) is 17.6. The number of aromatic nitrogens is 2. The Morgan fingerprint density at radius 3 is 2.76 bits per heavy atom. The van der Waals surface area contributed by atoms with E-state index >= 15 is 0 Å². The average Bonchev–Trinajstić information content (AvgIpc) is 2.84. The molecule has 0 aliphatic carbocycles. The molecule has 116 valence electrons. The number of nitrogens with zero attached hydrogens (tertiary/aromatic N) is 4. The molecule has 0 atom stereocenters. The SMILES string of the molecule is I.N#Cc1c(N)n[nH]c1CCCN=C(N)N1CCCCC1. The number of aliphatic imine (C=N–C) groups is 1. The van der Waals surface area contributed by atoms with Gasteiger partial charge in [-0.3, -0.25) is 10.1 Å². The number of halogens is 1. The number of guanidine groups is 1. The number of nitrogens with two attached hydrogens (primary N) is 2. The number of hydrogen-bond acceptors (Lipinski definition) is 4. The van der Waals surface area contributed by atoms with Gasteiger partial charge in [0.05, 0.1) is 5.69 Å². The number of hydrogen-bond donors (Lipinski definition) is 3. The van der Waals surface area contributed by atoms with Crippen molar-refractivity contribution in [3.8, 4) is 6.07 Å².